The summed E-state index contributed by atoms with van der Waals surface area (Å²) in [5, 5.41) is 3.03. The molecule has 6 nitrogen and oxygen atoms in total. The second kappa shape index (κ2) is 6.44. The number of hydrogen-bond acceptors (Lipinski definition) is 6. The van der Waals surface area contributed by atoms with Crippen LogP contribution in [0.4, 0.5) is 11.6 Å². The van der Waals surface area contributed by atoms with Crippen molar-refractivity contribution < 1.29 is 4.79 Å². The zero-order chi connectivity index (χ0) is 13.7. The highest BCUT2D eigenvalue weighted by Gasteiger charge is 2.17. The number of anilines is 2. The van der Waals surface area contributed by atoms with Gasteiger partial charge in [-0.25, -0.2) is 9.97 Å². The number of thioether (sulfide) groups is 1. The lowest BCUT2D eigenvalue weighted by Gasteiger charge is -2.15. The van der Waals surface area contributed by atoms with E-state index < -0.39 is 0 Å². The predicted octanol–water partition coefficient (Wildman–Crippen LogP) is 1.04. The van der Waals surface area contributed by atoms with Crippen LogP contribution in [0, 0.1) is 0 Å². The molecule has 0 saturated carbocycles. The van der Waals surface area contributed by atoms with Gasteiger partial charge in [0.25, 0.3) is 0 Å². The standard InChI is InChI=1S/C11H19N5OS/c1-4-6(2)14-10(17)7(3)18-11-15-8(12)5-9(13)16-11/h5-7H,4H2,1-3H3,(H,14,17)(H4,12,13,15,16). The smallest absolute Gasteiger partial charge is 0.233 e. The summed E-state index contributed by atoms with van der Waals surface area (Å²) in [6.07, 6.45) is 0.894. The SMILES string of the molecule is CCC(C)NC(=O)C(C)Sc1nc(N)cc(N)n1. The van der Waals surface area contributed by atoms with E-state index in [1.807, 2.05) is 13.8 Å². The summed E-state index contributed by atoms with van der Waals surface area (Å²) in [5.74, 6) is 0.568. The Hall–Kier alpha value is -1.50. The van der Waals surface area contributed by atoms with Gasteiger partial charge in [-0.15, -0.1) is 0 Å². The molecule has 0 spiro atoms. The molecular formula is C11H19N5OS. The third kappa shape index (κ3) is 4.40. The van der Waals surface area contributed by atoms with Crippen LogP contribution in [0.1, 0.15) is 27.2 Å². The Morgan fingerprint density at radius 3 is 2.44 bits per heavy atom. The first-order chi connectivity index (χ1) is 8.42. The number of carbonyl (C=O) groups excluding carboxylic acids is 1. The van der Waals surface area contributed by atoms with Gasteiger partial charge in [-0.1, -0.05) is 18.7 Å². The zero-order valence-electron chi connectivity index (χ0n) is 10.8. The van der Waals surface area contributed by atoms with E-state index in [1.54, 1.807) is 6.92 Å². The molecule has 0 fully saturated rings. The second-order valence-electron chi connectivity index (χ2n) is 4.08. The Morgan fingerprint density at radius 2 is 1.94 bits per heavy atom. The van der Waals surface area contributed by atoms with E-state index in [0.29, 0.717) is 16.8 Å². The van der Waals surface area contributed by atoms with Crippen LogP contribution in [0.3, 0.4) is 0 Å². The molecule has 1 aromatic heterocycles. The second-order valence-corrected chi connectivity index (χ2v) is 5.39. The van der Waals surface area contributed by atoms with Gasteiger partial charge in [0.15, 0.2) is 5.16 Å². The molecular weight excluding hydrogens is 250 g/mol. The van der Waals surface area contributed by atoms with Crippen LogP contribution in [0.5, 0.6) is 0 Å². The molecule has 0 bridgehead atoms. The van der Waals surface area contributed by atoms with E-state index in [1.165, 1.54) is 17.8 Å². The van der Waals surface area contributed by atoms with Gasteiger partial charge in [0.1, 0.15) is 11.6 Å². The third-order valence-corrected chi connectivity index (χ3v) is 3.36. The molecule has 0 radical (unpaired) electrons. The van der Waals surface area contributed by atoms with E-state index in [2.05, 4.69) is 15.3 Å². The lowest BCUT2D eigenvalue weighted by molar-refractivity contribution is -0.120. The van der Waals surface area contributed by atoms with Gasteiger partial charge in [-0.3, -0.25) is 4.79 Å². The van der Waals surface area contributed by atoms with Gasteiger partial charge in [-0.2, -0.15) is 0 Å². The highest BCUT2D eigenvalue weighted by atomic mass is 32.2. The average molecular weight is 269 g/mol. The quantitative estimate of drug-likeness (QED) is 0.544. The van der Waals surface area contributed by atoms with Crippen molar-refractivity contribution in [1.29, 1.82) is 0 Å². The number of nitrogens with one attached hydrogen (secondary N) is 1. The van der Waals surface area contributed by atoms with Crippen LogP contribution in [0.25, 0.3) is 0 Å². The molecule has 1 aromatic rings. The molecule has 0 aliphatic rings. The topological polar surface area (TPSA) is 107 Å². The van der Waals surface area contributed by atoms with Gasteiger partial charge in [0.05, 0.1) is 5.25 Å². The number of carbonyl (C=O) groups is 1. The molecule has 0 saturated heterocycles. The van der Waals surface area contributed by atoms with Gasteiger partial charge in [0, 0.05) is 12.1 Å². The zero-order valence-corrected chi connectivity index (χ0v) is 11.6. The predicted molar refractivity (Wildman–Crippen MR) is 74.1 cm³/mol. The van der Waals surface area contributed by atoms with Crippen molar-refractivity contribution in [3.8, 4) is 0 Å². The lowest BCUT2D eigenvalue weighted by atomic mass is 10.2. The molecule has 100 valence electrons. The normalized spacial score (nSPS) is 13.9. The van der Waals surface area contributed by atoms with Crippen LogP contribution in [-0.2, 0) is 4.79 Å². The minimum absolute atomic E-state index is 0.0426. The molecule has 2 unspecified atom stereocenters. The molecule has 1 heterocycles. The summed E-state index contributed by atoms with van der Waals surface area (Å²) in [7, 11) is 0. The van der Waals surface area contributed by atoms with E-state index in [-0.39, 0.29) is 17.2 Å². The highest BCUT2D eigenvalue weighted by Crippen LogP contribution is 2.21. The van der Waals surface area contributed by atoms with Crippen molar-refractivity contribution >= 4 is 29.3 Å². The summed E-state index contributed by atoms with van der Waals surface area (Å²) in [6, 6.07) is 1.64. The van der Waals surface area contributed by atoms with Crippen molar-refractivity contribution in [2.45, 2.75) is 43.6 Å². The van der Waals surface area contributed by atoms with Gasteiger partial charge in [0.2, 0.25) is 5.91 Å². The van der Waals surface area contributed by atoms with E-state index >= 15 is 0 Å². The highest BCUT2D eigenvalue weighted by molar-refractivity contribution is 8.00. The fourth-order valence-electron chi connectivity index (χ4n) is 1.19. The number of aromatic nitrogens is 2. The molecule has 0 aliphatic heterocycles. The molecule has 0 aliphatic carbocycles. The molecule has 1 amide bonds. The van der Waals surface area contributed by atoms with Crippen molar-refractivity contribution in [1.82, 2.24) is 15.3 Å². The maximum atomic E-state index is 11.8. The van der Waals surface area contributed by atoms with E-state index in [9.17, 15) is 4.79 Å². The molecule has 1 rings (SSSR count). The molecule has 7 heteroatoms. The Bertz CT molecular complexity index is 406. The van der Waals surface area contributed by atoms with E-state index in [0.717, 1.165) is 6.42 Å². The monoisotopic (exact) mass is 269 g/mol. The Labute approximate surface area is 111 Å². The number of hydrogen-bond donors (Lipinski definition) is 3. The number of rotatable bonds is 5. The average Bonchev–Trinajstić information content (AvgIpc) is 2.27. The van der Waals surface area contributed by atoms with Crippen LogP contribution < -0.4 is 16.8 Å². The Balaban J connectivity index is 2.63. The maximum absolute atomic E-state index is 11.8. The molecule has 2 atom stereocenters. The number of nitrogens with two attached hydrogens (primary N) is 2. The molecule has 5 N–H and O–H groups in total. The fraction of sp³-hybridized carbons (Fsp3) is 0.545. The van der Waals surface area contributed by atoms with Crippen molar-refractivity contribution in [2.24, 2.45) is 0 Å². The fourth-order valence-corrected chi connectivity index (χ4v) is 2.00. The Morgan fingerprint density at radius 1 is 1.39 bits per heavy atom. The summed E-state index contributed by atoms with van der Waals surface area (Å²) < 4.78 is 0. The van der Waals surface area contributed by atoms with Crippen LogP contribution >= 0.6 is 11.8 Å². The Kier molecular flexibility index (Phi) is 5.21. The van der Waals surface area contributed by atoms with Crippen molar-refractivity contribution in [3.63, 3.8) is 0 Å². The number of nitrogen functional groups attached to an aromatic ring is 2. The lowest BCUT2D eigenvalue weighted by Crippen LogP contribution is -2.37. The molecule has 18 heavy (non-hydrogen) atoms. The van der Waals surface area contributed by atoms with Crippen molar-refractivity contribution in [2.75, 3.05) is 11.5 Å². The number of amides is 1. The van der Waals surface area contributed by atoms with Gasteiger partial charge >= 0.3 is 0 Å². The maximum Gasteiger partial charge on any atom is 0.233 e. The minimum Gasteiger partial charge on any atom is -0.383 e. The first-order valence-electron chi connectivity index (χ1n) is 5.79. The minimum atomic E-state index is -0.291. The van der Waals surface area contributed by atoms with E-state index in [4.69, 9.17) is 11.5 Å². The third-order valence-electron chi connectivity index (χ3n) is 2.40. The van der Waals surface area contributed by atoms with Crippen LogP contribution in [0.15, 0.2) is 11.2 Å². The summed E-state index contributed by atoms with van der Waals surface area (Å²) in [5.41, 5.74) is 11.1. The van der Waals surface area contributed by atoms with Crippen LogP contribution in [-0.4, -0.2) is 27.2 Å². The van der Waals surface area contributed by atoms with Crippen LogP contribution in [0.2, 0.25) is 0 Å². The van der Waals surface area contributed by atoms with Gasteiger partial charge in [-0.05, 0) is 20.3 Å². The first kappa shape index (κ1) is 14.6. The largest absolute Gasteiger partial charge is 0.383 e. The first-order valence-corrected chi connectivity index (χ1v) is 6.67. The molecule has 0 aromatic carbocycles. The van der Waals surface area contributed by atoms with Gasteiger partial charge < -0.3 is 16.8 Å². The summed E-state index contributed by atoms with van der Waals surface area (Å²) in [4.78, 5) is 19.9. The van der Waals surface area contributed by atoms with Crippen molar-refractivity contribution in [3.05, 3.63) is 6.07 Å². The summed E-state index contributed by atoms with van der Waals surface area (Å²) >= 11 is 1.24. The summed E-state index contributed by atoms with van der Waals surface area (Å²) in [6.45, 7) is 5.78. The number of nitrogens with zero attached hydrogens (tertiary/aromatic N) is 2.